The van der Waals surface area contributed by atoms with E-state index < -0.39 is 18.6 Å². The Hall–Kier alpha value is -2.22. The highest BCUT2D eigenvalue weighted by Crippen LogP contribution is 2.36. The van der Waals surface area contributed by atoms with E-state index in [1.54, 1.807) is 26.1 Å². The molecule has 2 aliphatic rings. The quantitative estimate of drug-likeness (QED) is 0.588. The summed E-state index contributed by atoms with van der Waals surface area (Å²) in [5.74, 6) is 0.584. The van der Waals surface area contributed by atoms with Crippen LogP contribution in [0.3, 0.4) is 0 Å². The highest BCUT2D eigenvalue weighted by atomic mass is 19.2. The molecular weight excluding hydrogens is 354 g/mol. The number of alkyl halides is 2. The van der Waals surface area contributed by atoms with Crippen LogP contribution in [0.25, 0.3) is 0 Å². The molecule has 2 unspecified atom stereocenters. The number of hydrogen-bond donors (Lipinski definition) is 3. The summed E-state index contributed by atoms with van der Waals surface area (Å²) < 4.78 is 30.7. The average Bonchev–Trinajstić information content (AvgIpc) is 2.88. The van der Waals surface area contributed by atoms with Crippen molar-refractivity contribution in [3.05, 3.63) is 29.3 Å². The second kappa shape index (κ2) is 7.42. The van der Waals surface area contributed by atoms with Crippen LogP contribution in [0.15, 0.2) is 18.2 Å². The number of rotatable bonds is 5. The van der Waals surface area contributed by atoms with Crippen molar-refractivity contribution >= 4 is 11.9 Å². The fourth-order valence-corrected chi connectivity index (χ4v) is 4.16. The third kappa shape index (κ3) is 3.38. The van der Waals surface area contributed by atoms with Gasteiger partial charge in [0.15, 0.2) is 6.67 Å². The molecule has 1 aromatic rings. The molecule has 6 nitrogen and oxygen atoms in total. The monoisotopic (exact) mass is 382 g/mol. The number of benzene rings is 1. The van der Waals surface area contributed by atoms with Crippen molar-refractivity contribution in [2.45, 2.75) is 31.7 Å². The van der Waals surface area contributed by atoms with Crippen LogP contribution in [0.4, 0.5) is 8.78 Å². The van der Waals surface area contributed by atoms with Gasteiger partial charge in [0, 0.05) is 24.3 Å². The first-order valence-corrected chi connectivity index (χ1v) is 9.27. The van der Waals surface area contributed by atoms with Gasteiger partial charge in [-0.15, -0.1) is 0 Å². The molecule has 148 valence electrons. The predicted octanol–water partition coefficient (Wildman–Crippen LogP) is -1.37. The summed E-state index contributed by atoms with van der Waals surface area (Å²) in [6.45, 7) is 2.50. The lowest BCUT2D eigenvalue weighted by Crippen LogP contribution is -3.10. The number of likely N-dealkylation sites (tertiary alicyclic amines) is 1. The average molecular weight is 382 g/mol. The molecule has 2 atom stereocenters. The lowest BCUT2D eigenvalue weighted by atomic mass is 9.73. The molecule has 27 heavy (non-hydrogen) atoms. The molecule has 0 spiro atoms. The van der Waals surface area contributed by atoms with Gasteiger partial charge in [-0.25, -0.2) is 9.29 Å². The summed E-state index contributed by atoms with van der Waals surface area (Å²) >= 11 is 0. The number of carbonyl (C=O) groups is 1. The second-order valence-electron chi connectivity index (χ2n) is 7.58. The van der Waals surface area contributed by atoms with Crippen LogP contribution in [-0.2, 0) is 10.3 Å². The number of hydrogen-bond acceptors (Lipinski definition) is 3. The summed E-state index contributed by atoms with van der Waals surface area (Å²) in [6, 6.07) is 5.15. The van der Waals surface area contributed by atoms with E-state index in [9.17, 15) is 13.6 Å². The number of ether oxygens (including phenoxy) is 1. The number of nitrogens with one attached hydrogen (secondary N) is 2. The van der Waals surface area contributed by atoms with E-state index in [1.165, 1.54) is 9.80 Å². The molecule has 1 amide bonds. The maximum Gasteiger partial charge on any atom is 0.351 e. The summed E-state index contributed by atoms with van der Waals surface area (Å²) in [7, 11) is 3.81. The van der Waals surface area contributed by atoms with Gasteiger partial charge in [0.1, 0.15) is 5.75 Å². The van der Waals surface area contributed by atoms with Crippen LogP contribution < -0.4 is 20.4 Å². The van der Waals surface area contributed by atoms with Crippen molar-refractivity contribution in [2.75, 3.05) is 33.9 Å². The minimum atomic E-state index is -2.00. The number of nitrogens with two attached hydrogens (primary N) is 1. The van der Waals surface area contributed by atoms with Crippen LogP contribution >= 0.6 is 0 Å². The van der Waals surface area contributed by atoms with Crippen molar-refractivity contribution < 1.29 is 28.2 Å². The lowest BCUT2D eigenvalue weighted by molar-refractivity contribution is -0.887. The Balaban J connectivity index is 2.02. The maximum absolute atomic E-state index is 13.3. The van der Waals surface area contributed by atoms with Gasteiger partial charge in [-0.1, -0.05) is 6.07 Å². The zero-order valence-electron chi connectivity index (χ0n) is 16.0. The Morgan fingerprint density at radius 3 is 2.63 bits per heavy atom. The number of aryl methyl sites for hydroxylation is 1. The van der Waals surface area contributed by atoms with Crippen molar-refractivity contribution in [3.8, 4) is 5.75 Å². The van der Waals surface area contributed by atoms with Crippen molar-refractivity contribution in [2.24, 2.45) is 11.7 Å². The van der Waals surface area contributed by atoms with E-state index in [-0.39, 0.29) is 17.6 Å². The second-order valence-corrected chi connectivity index (χ2v) is 7.58. The first kappa shape index (κ1) is 19.5. The van der Waals surface area contributed by atoms with Gasteiger partial charge < -0.3 is 9.64 Å². The number of piperidine rings is 1. The number of nitrogens with zero attached hydrogens (tertiary/aromatic N) is 1. The first-order valence-electron chi connectivity index (χ1n) is 9.27. The topological polar surface area (TPSA) is 74.0 Å². The molecule has 0 aliphatic carbocycles. The molecule has 4 N–H and O–H groups in total. The Morgan fingerprint density at radius 1 is 1.44 bits per heavy atom. The Bertz CT molecular complexity index is 749. The highest BCUT2D eigenvalue weighted by Gasteiger charge is 2.57. The number of quaternary nitrogens is 1. The van der Waals surface area contributed by atoms with E-state index in [2.05, 4.69) is 12.0 Å². The number of carbonyl (C=O) groups excluding carboxylic acids is 1. The fraction of sp³-hybridized carbons (Fsp3) is 0.579. The minimum absolute atomic E-state index is 0.0862. The molecule has 8 heteroatoms. The smallest absolute Gasteiger partial charge is 0.351 e. The van der Waals surface area contributed by atoms with Crippen molar-refractivity contribution in [1.82, 2.24) is 4.90 Å². The third-order valence-electron chi connectivity index (χ3n) is 5.79. The molecular formula is C19H28F2N4O2+2. The maximum atomic E-state index is 13.3. The van der Waals surface area contributed by atoms with E-state index in [4.69, 9.17) is 10.5 Å². The Morgan fingerprint density at radius 2 is 2.11 bits per heavy atom. The van der Waals surface area contributed by atoms with E-state index in [1.807, 2.05) is 6.07 Å². The largest absolute Gasteiger partial charge is 0.457 e. The predicted molar refractivity (Wildman–Crippen MR) is 96.6 cm³/mol. The van der Waals surface area contributed by atoms with Gasteiger partial charge in [-0.05, 0) is 24.6 Å². The normalized spacial score (nSPS) is 29.6. The molecule has 0 aromatic heterocycles. The summed E-state index contributed by atoms with van der Waals surface area (Å²) in [4.78, 5) is 19.4. The van der Waals surface area contributed by atoms with E-state index in [0.29, 0.717) is 11.5 Å². The molecule has 1 saturated heterocycles. The first-order chi connectivity index (χ1) is 12.8. The van der Waals surface area contributed by atoms with Gasteiger partial charge in [-0.2, -0.15) is 4.39 Å². The van der Waals surface area contributed by atoms with E-state index in [0.717, 1.165) is 31.5 Å². The Labute approximate surface area is 158 Å². The highest BCUT2D eigenvalue weighted by molar-refractivity contribution is 6.01. The SMILES string of the molecule is Cc1cc(C2(C3CC[NH+](C)CC3)[NH+]=C(N)N(C)C2=O)ccc1OC(F)CF. The number of guanidine groups is 1. The van der Waals surface area contributed by atoms with Crippen LogP contribution in [0.5, 0.6) is 5.75 Å². The van der Waals surface area contributed by atoms with Crippen LogP contribution in [-0.4, -0.2) is 57.0 Å². The summed E-state index contributed by atoms with van der Waals surface area (Å²) in [5.41, 5.74) is 6.52. The molecule has 3 rings (SSSR count). The summed E-state index contributed by atoms with van der Waals surface area (Å²) in [6.07, 6.45) is -0.226. The van der Waals surface area contributed by atoms with E-state index >= 15 is 0 Å². The number of likely N-dealkylation sites (N-methyl/N-ethyl adjacent to an activating group) is 1. The summed E-state index contributed by atoms with van der Waals surface area (Å²) in [5, 5.41) is 0. The molecule has 0 bridgehead atoms. The Kier molecular flexibility index (Phi) is 5.37. The minimum Gasteiger partial charge on any atom is -0.457 e. The lowest BCUT2D eigenvalue weighted by Gasteiger charge is -2.36. The molecule has 1 fully saturated rings. The van der Waals surface area contributed by atoms with Gasteiger partial charge in [0.25, 0.3) is 6.36 Å². The van der Waals surface area contributed by atoms with Gasteiger partial charge in [-0.3, -0.25) is 15.5 Å². The molecule has 2 heterocycles. The molecule has 2 aliphatic heterocycles. The van der Waals surface area contributed by atoms with Crippen LogP contribution in [0.2, 0.25) is 0 Å². The van der Waals surface area contributed by atoms with Gasteiger partial charge in [0.05, 0.1) is 27.2 Å². The fourth-order valence-electron chi connectivity index (χ4n) is 4.16. The molecule has 0 radical (unpaired) electrons. The van der Waals surface area contributed by atoms with Crippen molar-refractivity contribution in [3.63, 3.8) is 0 Å². The van der Waals surface area contributed by atoms with Gasteiger partial charge >= 0.3 is 11.9 Å². The van der Waals surface area contributed by atoms with Gasteiger partial charge in [0.2, 0.25) is 5.54 Å². The van der Waals surface area contributed by atoms with Crippen LogP contribution in [0, 0.1) is 12.8 Å². The molecule has 0 saturated carbocycles. The van der Waals surface area contributed by atoms with Crippen LogP contribution in [0.1, 0.15) is 24.0 Å². The standard InChI is InChI=1S/C19H26F2N4O2/c1-12-10-14(4-5-15(12)27-16(21)11-20)19(13-6-8-24(2)9-7-13)17(26)25(3)18(22)23-19/h4-5,10,13,16H,6-9,11H2,1-3H3,(H2,22,23)/p+2. The third-order valence-corrected chi connectivity index (χ3v) is 5.79. The zero-order chi connectivity index (χ0) is 19.8. The number of amides is 1. The zero-order valence-corrected chi connectivity index (χ0v) is 16.0. The van der Waals surface area contributed by atoms with Crippen molar-refractivity contribution in [1.29, 1.82) is 0 Å². The molecule has 1 aromatic carbocycles. The number of halogens is 2.